The van der Waals surface area contributed by atoms with Gasteiger partial charge in [-0.05, 0) is 62.2 Å². The van der Waals surface area contributed by atoms with Gasteiger partial charge in [-0.15, -0.1) is 0 Å². The van der Waals surface area contributed by atoms with Crippen molar-refractivity contribution in [2.24, 2.45) is 23.7 Å². The van der Waals surface area contributed by atoms with Crippen LogP contribution in [0.4, 0.5) is 0 Å². The van der Waals surface area contributed by atoms with Gasteiger partial charge in [0.05, 0.1) is 12.1 Å². The van der Waals surface area contributed by atoms with E-state index in [1.807, 2.05) is 0 Å². The largest absolute Gasteiger partial charge is 0.299 e. The fourth-order valence-corrected chi connectivity index (χ4v) is 4.90. The van der Waals surface area contributed by atoms with Crippen molar-refractivity contribution in [3.63, 3.8) is 0 Å². The Labute approximate surface area is 105 Å². The van der Waals surface area contributed by atoms with Gasteiger partial charge < -0.3 is 0 Å². The molecule has 1 unspecified atom stereocenters. The molecule has 0 aromatic heterocycles. The van der Waals surface area contributed by atoms with Crippen LogP contribution in [0.1, 0.15) is 51.9 Å². The molecule has 4 saturated carbocycles. The van der Waals surface area contributed by atoms with E-state index >= 15 is 0 Å². The maximum absolute atomic E-state index is 9.20. The number of hydrogen-bond donors (Lipinski definition) is 1. The molecule has 94 valence electrons. The van der Waals surface area contributed by atoms with Crippen molar-refractivity contribution in [3.05, 3.63) is 0 Å². The molecule has 1 N–H and O–H groups in total. The van der Waals surface area contributed by atoms with Crippen LogP contribution in [0, 0.1) is 35.0 Å². The van der Waals surface area contributed by atoms with E-state index in [0.717, 1.165) is 36.5 Å². The summed E-state index contributed by atoms with van der Waals surface area (Å²) in [5, 5.41) is 12.9. The minimum Gasteiger partial charge on any atom is -0.299 e. The monoisotopic (exact) mass is 232 g/mol. The van der Waals surface area contributed by atoms with E-state index in [9.17, 15) is 5.26 Å². The average molecular weight is 232 g/mol. The van der Waals surface area contributed by atoms with E-state index in [2.05, 4.69) is 18.3 Å². The normalized spacial score (nSPS) is 44.6. The molecule has 4 aliphatic carbocycles. The topological polar surface area (TPSA) is 35.8 Å². The van der Waals surface area contributed by atoms with E-state index in [1.165, 1.54) is 32.1 Å². The lowest BCUT2D eigenvalue weighted by Gasteiger charge is -2.55. The van der Waals surface area contributed by atoms with Gasteiger partial charge >= 0.3 is 0 Å². The van der Waals surface area contributed by atoms with Crippen LogP contribution in [-0.4, -0.2) is 12.1 Å². The second-order valence-electron chi connectivity index (χ2n) is 6.59. The minimum atomic E-state index is 0.0996. The van der Waals surface area contributed by atoms with E-state index < -0.39 is 0 Å². The average Bonchev–Trinajstić information content (AvgIpc) is 2.31. The third-order valence-electron chi connectivity index (χ3n) is 5.35. The molecular weight excluding hydrogens is 208 g/mol. The van der Waals surface area contributed by atoms with Crippen LogP contribution >= 0.6 is 0 Å². The van der Waals surface area contributed by atoms with Crippen molar-refractivity contribution in [1.29, 1.82) is 5.26 Å². The number of rotatable bonds is 4. The van der Waals surface area contributed by atoms with Gasteiger partial charge in [-0.25, -0.2) is 0 Å². The molecule has 0 radical (unpaired) electrons. The molecule has 2 nitrogen and oxygen atoms in total. The van der Waals surface area contributed by atoms with E-state index in [4.69, 9.17) is 0 Å². The predicted octanol–water partition coefficient (Wildman–Crippen LogP) is 3.09. The molecule has 0 aromatic rings. The Balaban J connectivity index is 1.66. The Bertz CT molecular complexity index is 289. The SMILES string of the molecule is CCCC(C#N)NC1C2CC3CC(C2)CC1C3. The van der Waals surface area contributed by atoms with E-state index in [-0.39, 0.29) is 6.04 Å². The van der Waals surface area contributed by atoms with Crippen LogP contribution in [0.15, 0.2) is 0 Å². The molecule has 2 heteroatoms. The Kier molecular flexibility index (Phi) is 3.13. The van der Waals surface area contributed by atoms with Crippen molar-refractivity contribution in [1.82, 2.24) is 5.32 Å². The Hall–Kier alpha value is -0.550. The van der Waals surface area contributed by atoms with Crippen molar-refractivity contribution >= 4 is 0 Å². The van der Waals surface area contributed by atoms with Crippen LogP contribution in [0.25, 0.3) is 0 Å². The summed E-state index contributed by atoms with van der Waals surface area (Å²) in [6, 6.07) is 3.22. The fourth-order valence-electron chi connectivity index (χ4n) is 4.90. The van der Waals surface area contributed by atoms with Gasteiger partial charge in [-0.3, -0.25) is 5.32 Å². The second-order valence-corrected chi connectivity index (χ2v) is 6.59. The fraction of sp³-hybridized carbons (Fsp3) is 0.933. The molecular formula is C15H24N2. The van der Waals surface area contributed by atoms with Gasteiger partial charge in [0.15, 0.2) is 0 Å². The van der Waals surface area contributed by atoms with Gasteiger partial charge in [0.2, 0.25) is 0 Å². The van der Waals surface area contributed by atoms with Crippen molar-refractivity contribution in [3.8, 4) is 6.07 Å². The first-order chi connectivity index (χ1) is 8.30. The third kappa shape index (κ3) is 2.10. The number of nitriles is 1. The highest BCUT2D eigenvalue weighted by molar-refractivity contribution is 5.04. The van der Waals surface area contributed by atoms with Gasteiger partial charge in [0, 0.05) is 6.04 Å². The zero-order chi connectivity index (χ0) is 11.8. The summed E-state index contributed by atoms with van der Waals surface area (Å²) in [4.78, 5) is 0. The summed E-state index contributed by atoms with van der Waals surface area (Å²) in [6.07, 6.45) is 9.39. The lowest BCUT2D eigenvalue weighted by Crippen LogP contribution is -2.56. The Morgan fingerprint density at radius 3 is 2.18 bits per heavy atom. The van der Waals surface area contributed by atoms with Crippen molar-refractivity contribution in [2.75, 3.05) is 0 Å². The Morgan fingerprint density at radius 1 is 1.12 bits per heavy atom. The lowest BCUT2D eigenvalue weighted by atomic mass is 9.54. The molecule has 4 fully saturated rings. The molecule has 0 saturated heterocycles. The van der Waals surface area contributed by atoms with Crippen LogP contribution in [0.2, 0.25) is 0 Å². The molecule has 0 aromatic carbocycles. The number of hydrogen-bond acceptors (Lipinski definition) is 2. The summed E-state index contributed by atoms with van der Waals surface area (Å²) in [7, 11) is 0. The summed E-state index contributed by atoms with van der Waals surface area (Å²) in [6.45, 7) is 2.17. The highest BCUT2D eigenvalue weighted by Gasteiger charge is 2.48. The van der Waals surface area contributed by atoms with E-state index in [0.29, 0.717) is 6.04 Å². The first kappa shape index (κ1) is 11.5. The third-order valence-corrected chi connectivity index (χ3v) is 5.35. The molecule has 4 aliphatic rings. The molecule has 4 rings (SSSR count). The second kappa shape index (κ2) is 4.61. The van der Waals surface area contributed by atoms with Gasteiger partial charge in [0.1, 0.15) is 0 Å². The molecule has 1 atom stereocenters. The quantitative estimate of drug-likeness (QED) is 0.808. The molecule has 0 amide bonds. The van der Waals surface area contributed by atoms with Gasteiger partial charge in [-0.1, -0.05) is 13.3 Å². The van der Waals surface area contributed by atoms with Crippen LogP contribution in [-0.2, 0) is 0 Å². The molecule has 4 bridgehead atoms. The van der Waals surface area contributed by atoms with Crippen LogP contribution in [0.3, 0.4) is 0 Å². The molecule has 0 spiro atoms. The summed E-state index contributed by atoms with van der Waals surface area (Å²) in [5.74, 6) is 3.84. The summed E-state index contributed by atoms with van der Waals surface area (Å²) >= 11 is 0. The first-order valence-electron chi connectivity index (χ1n) is 7.45. The molecule has 0 aliphatic heterocycles. The van der Waals surface area contributed by atoms with Crippen molar-refractivity contribution < 1.29 is 0 Å². The highest BCUT2D eigenvalue weighted by Crippen LogP contribution is 2.53. The smallest absolute Gasteiger partial charge is 0.0955 e. The van der Waals surface area contributed by atoms with Gasteiger partial charge in [0.25, 0.3) is 0 Å². The first-order valence-corrected chi connectivity index (χ1v) is 7.45. The zero-order valence-electron chi connectivity index (χ0n) is 10.9. The number of nitrogens with one attached hydrogen (secondary N) is 1. The lowest BCUT2D eigenvalue weighted by molar-refractivity contribution is -0.0159. The molecule has 17 heavy (non-hydrogen) atoms. The van der Waals surface area contributed by atoms with Crippen LogP contribution in [0.5, 0.6) is 0 Å². The highest BCUT2D eigenvalue weighted by atomic mass is 15.0. The minimum absolute atomic E-state index is 0.0996. The van der Waals surface area contributed by atoms with E-state index in [1.54, 1.807) is 0 Å². The van der Waals surface area contributed by atoms with Crippen molar-refractivity contribution in [2.45, 2.75) is 64.0 Å². The maximum Gasteiger partial charge on any atom is 0.0955 e. The zero-order valence-corrected chi connectivity index (χ0v) is 10.9. The van der Waals surface area contributed by atoms with Crippen LogP contribution < -0.4 is 5.32 Å². The van der Waals surface area contributed by atoms with Gasteiger partial charge in [-0.2, -0.15) is 5.26 Å². The summed E-state index contributed by atoms with van der Waals surface area (Å²) < 4.78 is 0. The number of nitrogens with zero attached hydrogens (tertiary/aromatic N) is 1. The standard InChI is InChI=1S/C15H24N2/c1-2-3-14(9-16)17-15-12-5-10-4-11(7-12)8-13(15)6-10/h10-15,17H,2-8H2,1H3. The molecule has 0 heterocycles. The predicted molar refractivity (Wildman–Crippen MR) is 68.3 cm³/mol. The summed E-state index contributed by atoms with van der Waals surface area (Å²) in [5.41, 5.74) is 0. The maximum atomic E-state index is 9.20. The Morgan fingerprint density at radius 2 is 1.71 bits per heavy atom.